The van der Waals surface area contributed by atoms with Crippen LogP contribution in [-0.2, 0) is 6.61 Å². The Labute approximate surface area is 175 Å². The molecule has 0 radical (unpaired) electrons. The molecule has 0 aliphatic carbocycles. The normalized spacial score (nSPS) is 14.7. The summed E-state index contributed by atoms with van der Waals surface area (Å²) in [4.78, 5) is 16.1. The van der Waals surface area contributed by atoms with Gasteiger partial charge in [-0.25, -0.2) is 19.3 Å². The first kappa shape index (κ1) is 19.0. The maximum atomic E-state index is 13.0. The lowest BCUT2D eigenvalue weighted by Gasteiger charge is -2.31. The standard InChI is InChI=1S/C18H18FN11O/c19-13-7-21-18(22-8-13)28-5-3-15(4-6-28)30-24-9-14(25-30)11-31-16-1-2-17(20-10-16)29-12-23-26-27-29/h1-2,7-10,12,15H,3-6,11H2. The number of rotatable bonds is 6. The van der Waals surface area contributed by atoms with Gasteiger partial charge < -0.3 is 9.64 Å². The fourth-order valence-corrected chi connectivity index (χ4v) is 3.33. The van der Waals surface area contributed by atoms with Gasteiger partial charge >= 0.3 is 0 Å². The summed E-state index contributed by atoms with van der Waals surface area (Å²) in [7, 11) is 0. The molecule has 158 valence electrons. The molecule has 0 amide bonds. The van der Waals surface area contributed by atoms with Crippen molar-refractivity contribution in [3.05, 3.63) is 54.8 Å². The molecule has 4 aromatic heterocycles. The molecule has 1 saturated heterocycles. The Kier molecular flexibility index (Phi) is 5.12. The van der Waals surface area contributed by atoms with Gasteiger partial charge in [-0.05, 0) is 35.4 Å². The Balaban J connectivity index is 1.14. The molecule has 1 aliphatic rings. The van der Waals surface area contributed by atoms with E-state index in [9.17, 15) is 4.39 Å². The van der Waals surface area contributed by atoms with E-state index in [-0.39, 0.29) is 12.6 Å². The molecule has 0 N–H and O–H groups in total. The highest BCUT2D eigenvalue weighted by atomic mass is 19.1. The van der Waals surface area contributed by atoms with E-state index in [0.29, 0.717) is 17.5 Å². The van der Waals surface area contributed by atoms with Gasteiger partial charge in [0.25, 0.3) is 0 Å². The summed E-state index contributed by atoms with van der Waals surface area (Å²) >= 11 is 0. The number of halogens is 1. The van der Waals surface area contributed by atoms with Gasteiger partial charge in [0.15, 0.2) is 11.6 Å². The first-order valence-corrected chi connectivity index (χ1v) is 9.70. The fraction of sp³-hybridized carbons (Fsp3) is 0.333. The third-order valence-corrected chi connectivity index (χ3v) is 4.93. The minimum atomic E-state index is -0.437. The van der Waals surface area contributed by atoms with E-state index in [0.717, 1.165) is 31.6 Å². The zero-order valence-corrected chi connectivity index (χ0v) is 16.4. The van der Waals surface area contributed by atoms with Crippen LogP contribution in [-0.4, -0.2) is 63.2 Å². The highest BCUT2D eigenvalue weighted by Crippen LogP contribution is 2.23. The van der Waals surface area contributed by atoms with Gasteiger partial charge in [-0.2, -0.15) is 19.7 Å². The van der Waals surface area contributed by atoms with E-state index in [2.05, 4.69) is 40.7 Å². The molecule has 13 heteroatoms. The van der Waals surface area contributed by atoms with Crippen LogP contribution in [0.5, 0.6) is 5.75 Å². The monoisotopic (exact) mass is 423 g/mol. The number of tetrazole rings is 1. The Morgan fingerprint density at radius 1 is 1.03 bits per heavy atom. The van der Waals surface area contributed by atoms with Crippen molar-refractivity contribution in [3.8, 4) is 11.6 Å². The molecule has 0 bridgehead atoms. The van der Waals surface area contributed by atoms with Crippen molar-refractivity contribution in [2.24, 2.45) is 0 Å². The second kappa shape index (κ2) is 8.38. The number of anilines is 1. The smallest absolute Gasteiger partial charge is 0.225 e. The molecule has 4 aromatic rings. The average molecular weight is 423 g/mol. The summed E-state index contributed by atoms with van der Waals surface area (Å²) in [5.41, 5.74) is 0.730. The Morgan fingerprint density at radius 3 is 2.58 bits per heavy atom. The first-order valence-electron chi connectivity index (χ1n) is 9.70. The third kappa shape index (κ3) is 4.29. The zero-order valence-electron chi connectivity index (χ0n) is 16.4. The van der Waals surface area contributed by atoms with Crippen LogP contribution in [0.25, 0.3) is 5.82 Å². The summed E-state index contributed by atoms with van der Waals surface area (Å²) in [5.74, 6) is 1.31. The largest absolute Gasteiger partial charge is 0.486 e. The van der Waals surface area contributed by atoms with Crippen LogP contribution in [0.1, 0.15) is 24.6 Å². The molecule has 1 aliphatic heterocycles. The van der Waals surface area contributed by atoms with Crippen LogP contribution >= 0.6 is 0 Å². The average Bonchev–Trinajstić information content (AvgIpc) is 3.51. The van der Waals surface area contributed by atoms with E-state index in [1.54, 1.807) is 29.3 Å². The molecular formula is C18H18FN11O. The second-order valence-electron chi connectivity index (χ2n) is 6.97. The minimum absolute atomic E-state index is 0.183. The number of aromatic nitrogens is 10. The van der Waals surface area contributed by atoms with Gasteiger partial charge in [0, 0.05) is 13.1 Å². The summed E-state index contributed by atoms with van der Waals surface area (Å²) in [6, 6.07) is 3.74. The van der Waals surface area contributed by atoms with Crippen molar-refractivity contribution in [1.29, 1.82) is 0 Å². The summed E-state index contributed by atoms with van der Waals surface area (Å²) in [5, 5.41) is 19.9. The van der Waals surface area contributed by atoms with Crippen LogP contribution in [0.4, 0.5) is 10.3 Å². The Hall–Kier alpha value is -4.03. The van der Waals surface area contributed by atoms with Crippen molar-refractivity contribution in [2.75, 3.05) is 18.0 Å². The molecule has 0 unspecified atom stereocenters. The molecule has 0 spiro atoms. The molecule has 31 heavy (non-hydrogen) atoms. The Morgan fingerprint density at radius 2 is 1.87 bits per heavy atom. The van der Waals surface area contributed by atoms with Gasteiger partial charge in [0.05, 0.1) is 30.8 Å². The summed E-state index contributed by atoms with van der Waals surface area (Å²) in [6.45, 7) is 1.79. The minimum Gasteiger partial charge on any atom is -0.486 e. The molecule has 12 nitrogen and oxygen atoms in total. The number of hydrogen-bond acceptors (Lipinski definition) is 10. The highest BCUT2D eigenvalue weighted by Gasteiger charge is 2.23. The van der Waals surface area contributed by atoms with E-state index in [1.165, 1.54) is 23.4 Å². The topological polar surface area (TPSA) is 125 Å². The molecule has 5 rings (SSSR count). The first-order chi connectivity index (χ1) is 15.2. The van der Waals surface area contributed by atoms with Crippen molar-refractivity contribution < 1.29 is 9.13 Å². The fourth-order valence-electron chi connectivity index (χ4n) is 3.33. The number of piperidine rings is 1. The molecular weight excluding hydrogens is 405 g/mol. The molecule has 1 fully saturated rings. The van der Waals surface area contributed by atoms with Crippen molar-refractivity contribution in [2.45, 2.75) is 25.5 Å². The number of nitrogens with zero attached hydrogens (tertiary/aromatic N) is 11. The van der Waals surface area contributed by atoms with Gasteiger partial charge in [-0.3, -0.25) is 0 Å². The SMILES string of the molecule is Fc1cnc(N2CCC(n3ncc(COc4ccc(-n5cnnn5)nc4)n3)CC2)nc1. The maximum absolute atomic E-state index is 13.0. The van der Waals surface area contributed by atoms with E-state index >= 15 is 0 Å². The maximum Gasteiger partial charge on any atom is 0.225 e. The number of hydrogen-bond donors (Lipinski definition) is 0. The third-order valence-electron chi connectivity index (χ3n) is 4.93. The zero-order chi connectivity index (χ0) is 21.0. The molecule has 0 saturated carbocycles. The molecule has 5 heterocycles. The summed E-state index contributed by atoms with van der Waals surface area (Å²) < 4.78 is 20.2. The summed E-state index contributed by atoms with van der Waals surface area (Å²) in [6.07, 6.45) is 8.84. The lowest BCUT2D eigenvalue weighted by atomic mass is 10.1. The van der Waals surface area contributed by atoms with Gasteiger partial charge in [0.1, 0.15) is 24.4 Å². The van der Waals surface area contributed by atoms with Crippen LogP contribution < -0.4 is 9.64 Å². The predicted octanol–water partition coefficient (Wildman–Crippen LogP) is 0.998. The van der Waals surface area contributed by atoms with Crippen LogP contribution in [0, 0.1) is 5.82 Å². The number of ether oxygens (including phenoxy) is 1. The highest BCUT2D eigenvalue weighted by molar-refractivity contribution is 5.29. The van der Waals surface area contributed by atoms with Gasteiger partial charge in [-0.1, -0.05) is 0 Å². The quantitative estimate of drug-likeness (QED) is 0.443. The molecule has 0 aromatic carbocycles. The van der Waals surface area contributed by atoms with Crippen molar-refractivity contribution >= 4 is 5.95 Å². The molecule has 0 atom stereocenters. The number of pyridine rings is 1. The van der Waals surface area contributed by atoms with E-state index in [1.807, 2.05) is 4.90 Å². The van der Waals surface area contributed by atoms with Crippen LogP contribution in [0.2, 0.25) is 0 Å². The lowest BCUT2D eigenvalue weighted by Crippen LogP contribution is -2.36. The van der Waals surface area contributed by atoms with Gasteiger partial charge in [-0.15, -0.1) is 5.10 Å². The van der Waals surface area contributed by atoms with Gasteiger partial charge in [0.2, 0.25) is 5.95 Å². The second-order valence-corrected chi connectivity index (χ2v) is 6.97. The van der Waals surface area contributed by atoms with Crippen LogP contribution in [0.15, 0.2) is 43.2 Å². The van der Waals surface area contributed by atoms with E-state index < -0.39 is 5.82 Å². The lowest BCUT2D eigenvalue weighted by molar-refractivity contribution is 0.290. The van der Waals surface area contributed by atoms with Crippen LogP contribution in [0.3, 0.4) is 0 Å². The Bertz CT molecular complexity index is 1110. The van der Waals surface area contributed by atoms with Crippen molar-refractivity contribution in [3.63, 3.8) is 0 Å². The predicted molar refractivity (Wildman–Crippen MR) is 104 cm³/mol. The van der Waals surface area contributed by atoms with E-state index in [4.69, 9.17) is 4.74 Å². The van der Waals surface area contributed by atoms with Crippen molar-refractivity contribution in [1.82, 2.24) is 50.2 Å².